The highest BCUT2D eigenvalue weighted by atomic mass is 19.1. The number of benzene rings is 1. The Labute approximate surface area is 194 Å². The molecule has 1 aromatic carbocycles. The lowest BCUT2D eigenvalue weighted by Crippen LogP contribution is -2.44. The van der Waals surface area contributed by atoms with E-state index in [1.807, 2.05) is 6.07 Å². The Bertz CT molecular complexity index is 1260. The maximum Gasteiger partial charge on any atom is 0.261 e. The number of hydrogen-bond donors (Lipinski definition) is 1. The lowest BCUT2D eigenvalue weighted by molar-refractivity contribution is 0.313. The smallest absolute Gasteiger partial charge is 0.261 e. The molecule has 1 aliphatic carbocycles. The standard InChI is InChI=1S/C24H23F3N6O/c1-14-9-16-17(10-14)21(26)19(11-18(16)25)34-24-22(27)23(29-13-30-24)31-20-4-3-15(12-28-20)33-7-5-32(2)6-8-33/h3-4,10-13H,5-9H2,1-2H3,(H,28,29,30,31). The lowest BCUT2D eigenvalue weighted by atomic mass is 10.1. The number of likely N-dealkylation sites (N-methyl/N-ethyl adjacent to an activating group) is 1. The topological polar surface area (TPSA) is 66.4 Å². The minimum Gasteiger partial charge on any atom is -0.433 e. The predicted molar refractivity (Wildman–Crippen MR) is 123 cm³/mol. The van der Waals surface area contributed by atoms with Gasteiger partial charge >= 0.3 is 0 Å². The Morgan fingerprint density at radius 2 is 1.79 bits per heavy atom. The molecule has 1 N–H and O–H groups in total. The second kappa shape index (κ2) is 8.94. The molecule has 7 nitrogen and oxygen atoms in total. The van der Waals surface area contributed by atoms with Gasteiger partial charge in [-0.3, -0.25) is 0 Å². The molecule has 0 bridgehead atoms. The van der Waals surface area contributed by atoms with Crippen LogP contribution in [0.3, 0.4) is 0 Å². The van der Waals surface area contributed by atoms with Crippen LogP contribution in [0.25, 0.3) is 6.08 Å². The molecule has 1 aliphatic heterocycles. The van der Waals surface area contributed by atoms with E-state index < -0.39 is 29.1 Å². The highest BCUT2D eigenvalue weighted by molar-refractivity contribution is 5.66. The van der Waals surface area contributed by atoms with Crippen LogP contribution in [-0.4, -0.2) is 53.1 Å². The third-order valence-corrected chi connectivity index (χ3v) is 6.00. The zero-order valence-corrected chi connectivity index (χ0v) is 18.8. The molecule has 1 fully saturated rings. The molecule has 3 heterocycles. The molecule has 34 heavy (non-hydrogen) atoms. The van der Waals surface area contributed by atoms with Crippen molar-refractivity contribution in [1.82, 2.24) is 19.9 Å². The van der Waals surface area contributed by atoms with E-state index in [1.54, 1.807) is 25.3 Å². The maximum absolute atomic E-state index is 15.0. The summed E-state index contributed by atoms with van der Waals surface area (Å²) >= 11 is 0. The molecule has 3 aromatic rings. The summed E-state index contributed by atoms with van der Waals surface area (Å²) in [4.78, 5) is 16.5. The summed E-state index contributed by atoms with van der Waals surface area (Å²) in [5, 5.41) is 2.79. The Balaban J connectivity index is 1.34. The average molecular weight is 468 g/mol. The summed E-state index contributed by atoms with van der Waals surface area (Å²) in [5.41, 5.74) is 2.18. The van der Waals surface area contributed by atoms with Crippen LogP contribution in [0.2, 0.25) is 0 Å². The number of nitrogens with zero attached hydrogens (tertiary/aromatic N) is 5. The van der Waals surface area contributed by atoms with E-state index in [9.17, 15) is 8.78 Å². The highest BCUT2D eigenvalue weighted by Crippen LogP contribution is 2.37. The van der Waals surface area contributed by atoms with Gasteiger partial charge in [0.15, 0.2) is 17.4 Å². The number of nitrogens with one attached hydrogen (secondary N) is 1. The van der Waals surface area contributed by atoms with E-state index in [0.717, 1.165) is 49.8 Å². The molecular weight excluding hydrogens is 445 g/mol. The quantitative estimate of drug-likeness (QED) is 0.590. The van der Waals surface area contributed by atoms with Crippen molar-refractivity contribution in [1.29, 1.82) is 0 Å². The summed E-state index contributed by atoms with van der Waals surface area (Å²) in [7, 11) is 2.09. The number of pyridine rings is 1. The van der Waals surface area contributed by atoms with Gasteiger partial charge in [-0.05, 0) is 32.5 Å². The minimum atomic E-state index is -0.945. The van der Waals surface area contributed by atoms with Gasteiger partial charge in [0.05, 0.1) is 11.9 Å². The molecule has 0 atom stereocenters. The molecule has 0 amide bonds. The van der Waals surface area contributed by atoms with Crippen molar-refractivity contribution in [3.63, 3.8) is 0 Å². The average Bonchev–Trinajstić information content (AvgIpc) is 3.23. The van der Waals surface area contributed by atoms with Crippen molar-refractivity contribution in [2.24, 2.45) is 0 Å². The van der Waals surface area contributed by atoms with E-state index in [2.05, 4.69) is 37.1 Å². The molecule has 176 valence electrons. The summed E-state index contributed by atoms with van der Waals surface area (Å²) in [6.07, 6.45) is 4.67. The van der Waals surface area contributed by atoms with Crippen LogP contribution < -0.4 is 15.0 Å². The zero-order valence-electron chi connectivity index (χ0n) is 18.8. The second-order valence-corrected chi connectivity index (χ2v) is 8.49. The lowest BCUT2D eigenvalue weighted by Gasteiger charge is -2.33. The summed E-state index contributed by atoms with van der Waals surface area (Å²) in [6, 6.07) is 4.53. The second-order valence-electron chi connectivity index (χ2n) is 8.49. The first-order valence-electron chi connectivity index (χ1n) is 10.9. The third kappa shape index (κ3) is 4.28. The fraction of sp³-hybridized carbons (Fsp3) is 0.292. The van der Waals surface area contributed by atoms with Gasteiger partial charge in [0.2, 0.25) is 5.82 Å². The monoisotopic (exact) mass is 468 g/mol. The fourth-order valence-electron chi connectivity index (χ4n) is 4.09. The van der Waals surface area contributed by atoms with Gasteiger partial charge in [0.1, 0.15) is 18.0 Å². The molecular formula is C24H23F3N6O. The van der Waals surface area contributed by atoms with Crippen molar-refractivity contribution < 1.29 is 17.9 Å². The zero-order chi connectivity index (χ0) is 23.8. The molecule has 0 radical (unpaired) electrons. The predicted octanol–water partition coefficient (Wildman–Crippen LogP) is 4.54. The number of hydrogen-bond acceptors (Lipinski definition) is 7. The van der Waals surface area contributed by atoms with Gasteiger partial charge in [-0.1, -0.05) is 11.6 Å². The van der Waals surface area contributed by atoms with Crippen molar-refractivity contribution >= 4 is 23.4 Å². The normalized spacial score (nSPS) is 15.8. The first-order chi connectivity index (χ1) is 16.4. The highest BCUT2D eigenvalue weighted by Gasteiger charge is 2.24. The minimum absolute atomic E-state index is 0.116. The molecule has 10 heteroatoms. The van der Waals surface area contributed by atoms with Gasteiger partial charge in [0.25, 0.3) is 5.88 Å². The molecule has 1 saturated heterocycles. The van der Waals surface area contributed by atoms with Gasteiger partial charge in [0, 0.05) is 43.4 Å². The summed E-state index contributed by atoms with van der Waals surface area (Å²) in [6.45, 7) is 5.54. The fourth-order valence-corrected chi connectivity index (χ4v) is 4.09. The van der Waals surface area contributed by atoms with E-state index in [1.165, 1.54) is 0 Å². The first kappa shape index (κ1) is 22.1. The van der Waals surface area contributed by atoms with Gasteiger partial charge in [-0.15, -0.1) is 0 Å². The molecule has 2 aliphatic rings. The number of piperazine rings is 1. The number of halogens is 3. The van der Waals surface area contributed by atoms with Crippen molar-refractivity contribution in [3.8, 4) is 11.6 Å². The Hall–Kier alpha value is -3.66. The molecule has 0 spiro atoms. The summed E-state index contributed by atoms with van der Waals surface area (Å²) in [5.74, 6) is -3.11. The van der Waals surface area contributed by atoms with Gasteiger partial charge in [-0.25, -0.2) is 18.7 Å². The summed E-state index contributed by atoms with van der Waals surface area (Å²) < 4.78 is 49.7. The van der Waals surface area contributed by atoms with Crippen molar-refractivity contribution in [3.05, 3.63) is 64.9 Å². The Kier molecular flexibility index (Phi) is 5.82. The Morgan fingerprint density at radius 3 is 2.53 bits per heavy atom. The van der Waals surface area contributed by atoms with E-state index >= 15 is 4.39 Å². The van der Waals surface area contributed by atoms with Crippen molar-refractivity contribution in [2.45, 2.75) is 13.3 Å². The van der Waals surface area contributed by atoms with Crippen LogP contribution in [-0.2, 0) is 6.42 Å². The maximum atomic E-state index is 15.0. The molecule has 0 saturated carbocycles. The van der Waals surface area contributed by atoms with E-state index in [0.29, 0.717) is 12.2 Å². The first-order valence-corrected chi connectivity index (χ1v) is 10.9. The van der Waals surface area contributed by atoms with Gasteiger partial charge in [-0.2, -0.15) is 9.37 Å². The van der Waals surface area contributed by atoms with Crippen molar-refractivity contribution in [2.75, 3.05) is 43.4 Å². The molecule has 2 aromatic heterocycles. The number of rotatable bonds is 5. The van der Waals surface area contributed by atoms with Crippen LogP contribution in [0.15, 0.2) is 36.3 Å². The number of ether oxygens (including phenoxy) is 1. The number of fused-ring (bicyclic) bond motifs is 1. The number of aromatic nitrogens is 3. The van der Waals surface area contributed by atoms with Crippen LogP contribution in [0.1, 0.15) is 18.1 Å². The van der Waals surface area contributed by atoms with Crippen LogP contribution >= 0.6 is 0 Å². The third-order valence-electron chi connectivity index (χ3n) is 6.00. The Morgan fingerprint density at radius 1 is 1.00 bits per heavy atom. The van der Waals surface area contributed by atoms with E-state index in [4.69, 9.17) is 4.74 Å². The van der Waals surface area contributed by atoms with Crippen LogP contribution in [0, 0.1) is 17.5 Å². The van der Waals surface area contributed by atoms with Gasteiger partial charge < -0.3 is 19.9 Å². The largest absolute Gasteiger partial charge is 0.433 e. The number of allylic oxidation sites excluding steroid dienone is 1. The van der Waals surface area contributed by atoms with Crippen LogP contribution in [0.5, 0.6) is 11.6 Å². The number of anilines is 3. The molecule has 5 rings (SSSR count). The molecule has 0 unspecified atom stereocenters. The SMILES string of the molecule is CC1=Cc2c(F)c(Oc3ncnc(Nc4ccc(N5CCN(C)CC5)cn4)c3F)cc(F)c2C1. The van der Waals surface area contributed by atoms with E-state index in [-0.39, 0.29) is 16.9 Å². The van der Waals surface area contributed by atoms with Crippen LogP contribution in [0.4, 0.5) is 30.5 Å².